The van der Waals surface area contributed by atoms with Gasteiger partial charge in [-0.2, -0.15) is 0 Å². The maximum absolute atomic E-state index is 12.4. The molecule has 122 valence electrons. The van der Waals surface area contributed by atoms with Gasteiger partial charge in [-0.1, -0.05) is 30.3 Å². The van der Waals surface area contributed by atoms with Crippen LogP contribution >= 0.6 is 0 Å². The normalized spacial score (nSPS) is 21.1. The molecule has 2 atom stereocenters. The molecule has 5 heteroatoms. The Kier molecular flexibility index (Phi) is 4.79. The van der Waals surface area contributed by atoms with Crippen molar-refractivity contribution >= 4 is 16.7 Å². The predicted octanol–water partition coefficient (Wildman–Crippen LogP) is 1.84. The smallest absolute Gasteiger partial charge is 0.240 e. The summed E-state index contributed by atoms with van der Waals surface area (Å²) in [5.74, 6) is 0.733. The van der Waals surface area contributed by atoms with Gasteiger partial charge in [0.25, 0.3) is 0 Å². The van der Waals surface area contributed by atoms with Crippen molar-refractivity contribution in [3.8, 4) is 5.75 Å². The van der Waals surface area contributed by atoms with Crippen LogP contribution in [0.2, 0.25) is 0 Å². The molecule has 1 aliphatic heterocycles. The highest BCUT2D eigenvalue weighted by molar-refractivity contribution is 5.89. The molecule has 0 saturated carbocycles. The number of carbonyl (C=O) groups excluding carboxylic acids is 1. The number of nitrogens with one attached hydrogen (secondary N) is 2. The SMILES string of the molecule is COc1ccc2ccccc2c1CNC(=O)[C@H]1NCCO[C@@H]1C. The largest absolute Gasteiger partial charge is 0.496 e. The number of benzene rings is 2. The number of ether oxygens (including phenoxy) is 2. The van der Waals surface area contributed by atoms with Crippen molar-refractivity contribution < 1.29 is 14.3 Å². The number of morpholine rings is 1. The van der Waals surface area contributed by atoms with Crippen molar-refractivity contribution in [2.75, 3.05) is 20.3 Å². The number of carbonyl (C=O) groups is 1. The standard InChI is InChI=1S/C18H22N2O3/c1-12-17(19-9-10-23-12)18(21)20-11-15-14-6-4-3-5-13(14)7-8-16(15)22-2/h3-8,12,17,19H,9-11H2,1-2H3,(H,20,21)/t12-,17+/m1/s1. The topological polar surface area (TPSA) is 59.6 Å². The van der Waals surface area contributed by atoms with E-state index in [9.17, 15) is 4.79 Å². The average Bonchev–Trinajstić information content (AvgIpc) is 2.59. The minimum atomic E-state index is -0.315. The quantitative estimate of drug-likeness (QED) is 0.904. The number of rotatable bonds is 4. The molecule has 3 rings (SSSR count). The van der Waals surface area contributed by atoms with Crippen molar-refractivity contribution in [3.63, 3.8) is 0 Å². The highest BCUT2D eigenvalue weighted by atomic mass is 16.5. The Morgan fingerprint density at radius 3 is 2.96 bits per heavy atom. The number of hydrogen-bond acceptors (Lipinski definition) is 4. The molecule has 0 bridgehead atoms. The van der Waals surface area contributed by atoms with Gasteiger partial charge in [-0.15, -0.1) is 0 Å². The minimum absolute atomic E-state index is 0.0489. The molecular weight excluding hydrogens is 292 g/mol. The first-order valence-electron chi connectivity index (χ1n) is 7.88. The van der Waals surface area contributed by atoms with Crippen LogP contribution in [0.15, 0.2) is 36.4 Å². The lowest BCUT2D eigenvalue weighted by atomic mass is 10.0. The van der Waals surface area contributed by atoms with Crippen LogP contribution in [0.25, 0.3) is 10.8 Å². The first-order chi connectivity index (χ1) is 11.2. The van der Waals surface area contributed by atoms with E-state index >= 15 is 0 Å². The van der Waals surface area contributed by atoms with Gasteiger partial charge in [0.05, 0.1) is 19.8 Å². The van der Waals surface area contributed by atoms with Crippen LogP contribution in [0.1, 0.15) is 12.5 Å². The van der Waals surface area contributed by atoms with Crippen LogP contribution in [0.4, 0.5) is 0 Å². The van der Waals surface area contributed by atoms with Crippen molar-refractivity contribution in [2.24, 2.45) is 0 Å². The fourth-order valence-electron chi connectivity index (χ4n) is 3.00. The predicted molar refractivity (Wildman–Crippen MR) is 89.6 cm³/mol. The lowest BCUT2D eigenvalue weighted by Crippen LogP contribution is -2.55. The van der Waals surface area contributed by atoms with Gasteiger partial charge in [-0.25, -0.2) is 0 Å². The van der Waals surface area contributed by atoms with Crippen LogP contribution in [-0.2, 0) is 16.1 Å². The van der Waals surface area contributed by atoms with Crippen molar-refractivity contribution in [1.29, 1.82) is 0 Å². The molecule has 0 unspecified atom stereocenters. The zero-order valence-electron chi connectivity index (χ0n) is 13.5. The van der Waals surface area contributed by atoms with E-state index in [0.717, 1.165) is 22.1 Å². The Hall–Kier alpha value is -2.11. The lowest BCUT2D eigenvalue weighted by Gasteiger charge is -2.29. The van der Waals surface area contributed by atoms with E-state index in [2.05, 4.69) is 16.7 Å². The van der Waals surface area contributed by atoms with Crippen LogP contribution in [-0.4, -0.2) is 38.3 Å². The molecule has 0 spiro atoms. The molecule has 1 fully saturated rings. The Morgan fingerprint density at radius 1 is 1.35 bits per heavy atom. The molecule has 23 heavy (non-hydrogen) atoms. The molecule has 1 heterocycles. The summed E-state index contributed by atoms with van der Waals surface area (Å²) in [6, 6.07) is 11.7. The van der Waals surface area contributed by atoms with Gasteiger partial charge in [0.2, 0.25) is 5.91 Å². The van der Waals surface area contributed by atoms with Crippen LogP contribution in [0.3, 0.4) is 0 Å². The maximum atomic E-state index is 12.4. The Morgan fingerprint density at radius 2 is 2.17 bits per heavy atom. The molecule has 2 aromatic rings. The summed E-state index contributed by atoms with van der Waals surface area (Å²) in [6.07, 6.45) is -0.127. The third-order valence-electron chi connectivity index (χ3n) is 4.26. The monoisotopic (exact) mass is 314 g/mol. The highest BCUT2D eigenvalue weighted by Crippen LogP contribution is 2.27. The number of fused-ring (bicyclic) bond motifs is 1. The third kappa shape index (κ3) is 3.30. The first-order valence-corrected chi connectivity index (χ1v) is 7.88. The Labute approximate surface area is 136 Å². The van der Waals surface area contributed by atoms with Crippen LogP contribution < -0.4 is 15.4 Å². The molecular formula is C18H22N2O3. The second kappa shape index (κ2) is 6.98. The molecule has 5 nitrogen and oxygen atoms in total. The molecule has 2 N–H and O–H groups in total. The summed E-state index contributed by atoms with van der Waals surface area (Å²) in [6.45, 7) is 3.67. The van der Waals surface area contributed by atoms with Gasteiger partial charge in [-0.05, 0) is 23.8 Å². The van der Waals surface area contributed by atoms with E-state index in [1.54, 1.807) is 7.11 Å². The van der Waals surface area contributed by atoms with Crippen LogP contribution in [0.5, 0.6) is 5.75 Å². The minimum Gasteiger partial charge on any atom is -0.496 e. The number of hydrogen-bond donors (Lipinski definition) is 2. The highest BCUT2D eigenvalue weighted by Gasteiger charge is 2.28. The average molecular weight is 314 g/mol. The van der Waals surface area contributed by atoms with E-state index in [4.69, 9.17) is 9.47 Å². The van der Waals surface area contributed by atoms with Crippen molar-refractivity contribution in [1.82, 2.24) is 10.6 Å². The zero-order valence-corrected chi connectivity index (χ0v) is 13.5. The number of methoxy groups -OCH3 is 1. The zero-order chi connectivity index (χ0) is 16.2. The lowest BCUT2D eigenvalue weighted by molar-refractivity contribution is -0.129. The molecule has 0 aromatic heterocycles. The van der Waals surface area contributed by atoms with E-state index < -0.39 is 0 Å². The van der Waals surface area contributed by atoms with Gasteiger partial charge in [0.1, 0.15) is 11.8 Å². The summed E-state index contributed by atoms with van der Waals surface area (Å²) >= 11 is 0. The van der Waals surface area contributed by atoms with Crippen molar-refractivity contribution in [2.45, 2.75) is 25.6 Å². The molecule has 0 aliphatic carbocycles. The van der Waals surface area contributed by atoms with Gasteiger partial charge < -0.3 is 20.1 Å². The first kappa shape index (κ1) is 15.8. The fourth-order valence-corrected chi connectivity index (χ4v) is 3.00. The van der Waals surface area contributed by atoms with Gasteiger partial charge in [0, 0.05) is 18.7 Å². The summed E-state index contributed by atoms with van der Waals surface area (Å²) in [5.41, 5.74) is 0.989. The molecule has 2 aromatic carbocycles. The Bertz CT molecular complexity index is 702. The maximum Gasteiger partial charge on any atom is 0.240 e. The van der Waals surface area contributed by atoms with Crippen molar-refractivity contribution in [3.05, 3.63) is 42.0 Å². The second-order valence-corrected chi connectivity index (χ2v) is 5.69. The second-order valence-electron chi connectivity index (χ2n) is 5.69. The Balaban J connectivity index is 1.79. The van der Waals surface area contributed by atoms with E-state index in [-0.39, 0.29) is 18.1 Å². The number of amides is 1. The van der Waals surface area contributed by atoms with Crippen LogP contribution in [0, 0.1) is 0 Å². The third-order valence-corrected chi connectivity index (χ3v) is 4.26. The van der Waals surface area contributed by atoms with Gasteiger partial charge in [-0.3, -0.25) is 4.79 Å². The molecule has 1 amide bonds. The molecule has 0 radical (unpaired) electrons. The summed E-state index contributed by atoms with van der Waals surface area (Å²) in [4.78, 5) is 12.4. The van der Waals surface area contributed by atoms with E-state index in [1.807, 2.05) is 37.3 Å². The summed E-state index contributed by atoms with van der Waals surface area (Å²) < 4.78 is 11.0. The van der Waals surface area contributed by atoms with Gasteiger partial charge >= 0.3 is 0 Å². The van der Waals surface area contributed by atoms with E-state index in [0.29, 0.717) is 19.7 Å². The van der Waals surface area contributed by atoms with Gasteiger partial charge in [0.15, 0.2) is 0 Å². The van der Waals surface area contributed by atoms with E-state index in [1.165, 1.54) is 0 Å². The fraction of sp³-hybridized carbons (Fsp3) is 0.389. The molecule has 1 aliphatic rings. The summed E-state index contributed by atoms with van der Waals surface area (Å²) in [7, 11) is 1.65. The molecule has 1 saturated heterocycles. The summed E-state index contributed by atoms with van der Waals surface area (Å²) in [5, 5.41) is 8.43.